The Morgan fingerprint density at radius 3 is 2.78 bits per heavy atom. The largest absolute Gasteiger partial charge is 0.324 e. The van der Waals surface area contributed by atoms with E-state index in [-0.39, 0.29) is 9.92 Å². The van der Waals surface area contributed by atoms with Crippen molar-refractivity contribution in [2.24, 2.45) is 5.41 Å². The highest BCUT2D eigenvalue weighted by Crippen LogP contribution is 2.40. The highest BCUT2D eigenvalue weighted by molar-refractivity contribution is 7.13. The summed E-state index contributed by atoms with van der Waals surface area (Å²) in [4.78, 5) is 10.3. The highest BCUT2D eigenvalue weighted by atomic mass is 32.1. The van der Waals surface area contributed by atoms with E-state index < -0.39 is 0 Å². The fraction of sp³-hybridized carbons (Fsp3) is 0.692. The molecular weight excluding hydrogens is 248 g/mol. The van der Waals surface area contributed by atoms with Crippen molar-refractivity contribution in [3.05, 3.63) is 27.1 Å². The molecule has 1 N–H and O–H groups in total. The zero-order chi connectivity index (χ0) is 13.0. The van der Waals surface area contributed by atoms with Gasteiger partial charge in [-0.25, -0.2) is 0 Å². The van der Waals surface area contributed by atoms with Gasteiger partial charge in [-0.3, -0.25) is 10.1 Å². The molecule has 1 fully saturated rings. The molecule has 0 atom stereocenters. The van der Waals surface area contributed by atoms with Crippen molar-refractivity contribution < 1.29 is 4.92 Å². The minimum absolute atomic E-state index is 0.234. The van der Waals surface area contributed by atoms with Crippen LogP contribution in [0.25, 0.3) is 0 Å². The molecule has 1 aliphatic rings. The monoisotopic (exact) mass is 268 g/mol. The van der Waals surface area contributed by atoms with Gasteiger partial charge in [0.1, 0.15) is 0 Å². The molecule has 4 nitrogen and oxygen atoms in total. The summed E-state index contributed by atoms with van der Waals surface area (Å²) < 4.78 is 0. The van der Waals surface area contributed by atoms with E-state index in [4.69, 9.17) is 0 Å². The van der Waals surface area contributed by atoms with Gasteiger partial charge in [-0.2, -0.15) is 0 Å². The predicted octanol–water partition coefficient (Wildman–Crippen LogP) is 3.72. The van der Waals surface area contributed by atoms with Crippen LogP contribution in [0.3, 0.4) is 0 Å². The van der Waals surface area contributed by atoms with Crippen LogP contribution in [-0.4, -0.2) is 11.5 Å². The van der Waals surface area contributed by atoms with Crippen molar-refractivity contribution in [2.75, 3.05) is 6.54 Å². The molecule has 2 rings (SSSR count). The lowest BCUT2D eigenvalue weighted by molar-refractivity contribution is -0.380. The maximum atomic E-state index is 10.6. The Morgan fingerprint density at radius 1 is 1.50 bits per heavy atom. The van der Waals surface area contributed by atoms with Crippen molar-refractivity contribution in [3.63, 3.8) is 0 Å². The summed E-state index contributed by atoms with van der Waals surface area (Å²) in [5.74, 6) is 0. The topological polar surface area (TPSA) is 55.2 Å². The lowest BCUT2D eigenvalue weighted by Gasteiger charge is -2.27. The van der Waals surface area contributed by atoms with Gasteiger partial charge in [0.2, 0.25) is 0 Å². The molecule has 0 radical (unpaired) electrons. The molecule has 1 aromatic heterocycles. The molecule has 1 saturated carbocycles. The second-order valence-electron chi connectivity index (χ2n) is 5.21. The van der Waals surface area contributed by atoms with Gasteiger partial charge in [0.15, 0.2) is 0 Å². The van der Waals surface area contributed by atoms with Crippen LogP contribution in [0.1, 0.15) is 44.6 Å². The molecular formula is C13H20N2O2S. The molecule has 1 aromatic rings. The molecule has 18 heavy (non-hydrogen) atoms. The van der Waals surface area contributed by atoms with Crippen LogP contribution in [0.15, 0.2) is 11.4 Å². The quantitative estimate of drug-likeness (QED) is 0.632. The van der Waals surface area contributed by atoms with Crippen LogP contribution < -0.4 is 5.32 Å². The maximum Gasteiger partial charge on any atom is 0.324 e. The van der Waals surface area contributed by atoms with E-state index in [9.17, 15) is 10.1 Å². The van der Waals surface area contributed by atoms with Crippen LogP contribution in [0, 0.1) is 15.5 Å². The van der Waals surface area contributed by atoms with Gasteiger partial charge in [-0.15, -0.1) is 0 Å². The SMILES string of the molecule is CCC1(CNCc2csc([N+](=O)[O-])c2)CCCC1. The second-order valence-corrected chi connectivity index (χ2v) is 6.10. The van der Waals surface area contributed by atoms with Crippen LogP contribution in [-0.2, 0) is 6.54 Å². The van der Waals surface area contributed by atoms with Crippen LogP contribution in [0.5, 0.6) is 0 Å². The van der Waals surface area contributed by atoms with Crippen molar-refractivity contribution >= 4 is 16.3 Å². The summed E-state index contributed by atoms with van der Waals surface area (Å²) in [5.41, 5.74) is 1.50. The standard InChI is InChI=1S/C13H20N2O2S/c1-2-13(5-3-4-6-13)10-14-8-11-7-12(15(16)17)18-9-11/h7,9,14H,2-6,8,10H2,1H3. The minimum Gasteiger partial charge on any atom is -0.312 e. The smallest absolute Gasteiger partial charge is 0.312 e. The summed E-state index contributed by atoms with van der Waals surface area (Å²) in [6, 6.07) is 1.67. The molecule has 0 aliphatic heterocycles. The number of hydrogen-bond acceptors (Lipinski definition) is 4. The number of nitro groups is 1. The first-order chi connectivity index (χ1) is 8.65. The van der Waals surface area contributed by atoms with Gasteiger partial charge >= 0.3 is 5.00 Å². The second kappa shape index (κ2) is 5.80. The molecule has 1 heterocycles. The summed E-state index contributed by atoms with van der Waals surface area (Å²) in [7, 11) is 0. The van der Waals surface area contributed by atoms with Crippen LogP contribution in [0.2, 0.25) is 0 Å². The van der Waals surface area contributed by atoms with E-state index in [2.05, 4.69) is 12.2 Å². The Bertz CT molecular complexity index is 411. The molecule has 100 valence electrons. The lowest BCUT2D eigenvalue weighted by atomic mass is 9.83. The van der Waals surface area contributed by atoms with Gasteiger partial charge in [-0.05, 0) is 30.2 Å². The third-order valence-corrected chi connectivity index (χ3v) is 4.99. The molecule has 0 bridgehead atoms. The Labute approximate surface area is 112 Å². The number of nitrogens with zero attached hydrogens (tertiary/aromatic N) is 1. The number of thiophene rings is 1. The van der Waals surface area contributed by atoms with Gasteiger partial charge < -0.3 is 5.32 Å². The fourth-order valence-electron chi connectivity index (χ4n) is 2.80. The van der Waals surface area contributed by atoms with Crippen molar-refractivity contribution in [2.45, 2.75) is 45.6 Å². The summed E-state index contributed by atoms with van der Waals surface area (Å²) in [6.45, 7) is 4.04. The third-order valence-electron chi connectivity index (χ3n) is 4.06. The highest BCUT2D eigenvalue weighted by Gasteiger charge is 2.31. The molecule has 0 unspecified atom stereocenters. The first-order valence-corrected chi connectivity index (χ1v) is 7.46. The molecule has 0 aromatic carbocycles. The minimum atomic E-state index is -0.321. The summed E-state index contributed by atoms with van der Waals surface area (Å²) in [6.07, 6.45) is 6.56. The van der Waals surface area contributed by atoms with Gasteiger partial charge in [0, 0.05) is 24.5 Å². The molecule has 0 amide bonds. The zero-order valence-electron chi connectivity index (χ0n) is 10.8. The Balaban J connectivity index is 1.82. The van der Waals surface area contributed by atoms with E-state index in [0.717, 1.165) is 18.7 Å². The Kier molecular flexibility index (Phi) is 4.35. The van der Waals surface area contributed by atoms with Crippen molar-refractivity contribution in [3.8, 4) is 0 Å². The number of nitrogens with one attached hydrogen (secondary N) is 1. The van der Waals surface area contributed by atoms with Crippen LogP contribution >= 0.6 is 11.3 Å². The number of rotatable bonds is 6. The lowest BCUT2D eigenvalue weighted by Crippen LogP contribution is -2.31. The van der Waals surface area contributed by atoms with E-state index in [0.29, 0.717) is 5.41 Å². The first-order valence-electron chi connectivity index (χ1n) is 6.58. The van der Waals surface area contributed by atoms with Gasteiger partial charge in [-0.1, -0.05) is 31.1 Å². The fourth-order valence-corrected chi connectivity index (χ4v) is 3.53. The zero-order valence-corrected chi connectivity index (χ0v) is 11.6. The van der Waals surface area contributed by atoms with Gasteiger partial charge in [0.05, 0.1) is 4.92 Å². The summed E-state index contributed by atoms with van der Waals surface area (Å²) in [5, 5.41) is 16.2. The molecule has 0 saturated heterocycles. The Morgan fingerprint density at radius 2 is 2.22 bits per heavy atom. The average molecular weight is 268 g/mol. The third kappa shape index (κ3) is 3.09. The predicted molar refractivity (Wildman–Crippen MR) is 73.9 cm³/mol. The van der Waals surface area contributed by atoms with E-state index in [1.54, 1.807) is 6.07 Å². The first kappa shape index (κ1) is 13.5. The summed E-state index contributed by atoms with van der Waals surface area (Å²) >= 11 is 1.21. The van der Waals surface area contributed by atoms with Gasteiger partial charge in [0.25, 0.3) is 0 Å². The molecule has 0 spiro atoms. The average Bonchev–Trinajstić information content (AvgIpc) is 2.98. The van der Waals surface area contributed by atoms with E-state index in [1.807, 2.05) is 5.38 Å². The van der Waals surface area contributed by atoms with Crippen LogP contribution in [0.4, 0.5) is 5.00 Å². The maximum absolute atomic E-state index is 10.6. The van der Waals surface area contributed by atoms with Crippen molar-refractivity contribution in [1.82, 2.24) is 5.32 Å². The Hall–Kier alpha value is -0.940. The van der Waals surface area contributed by atoms with E-state index >= 15 is 0 Å². The molecule has 5 heteroatoms. The van der Waals surface area contributed by atoms with Crippen molar-refractivity contribution in [1.29, 1.82) is 0 Å². The normalized spacial score (nSPS) is 18.1. The van der Waals surface area contributed by atoms with E-state index in [1.165, 1.54) is 43.4 Å². The number of hydrogen-bond donors (Lipinski definition) is 1. The molecule has 1 aliphatic carbocycles.